The quantitative estimate of drug-likeness (QED) is 0.728. The number of rotatable bonds is 5. The first-order valence-corrected chi connectivity index (χ1v) is 8.29. The number of carbonyl (C=O) groups excluding carboxylic acids is 1. The molecule has 0 aromatic carbocycles. The fourth-order valence-corrected chi connectivity index (χ4v) is 3.20. The molecule has 0 saturated heterocycles. The number of primary amides is 1. The van der Waals surface area contributed by atoms with E-state index in [1.165, 1.54) is 0 Å². The smallest absolute Gasteiger partial charge is 0.251 e. The SMILES string of the molecule is CCc1ccc2c(-c3cncc(Br)c3)c(C(N)=O)c(COC)nn12. The van der Waals surface area contributed by atoms with Crippen molar-refractivity contribution in [3.05, 3.63) is 52.0 Å². The second-order valence-electron chi connectivity index (χ2n) is 5.36. The maximum Gasteiger partial charge on any atom is 0.251 e. The number of aromatic nitrogens is 3. The molecule has 3 aromatic heterocycles. The van der Waals surface area contributed by atoms with E-state index in [1.54, 1.807) is 19.5 Å². The molecule has 0 fully saturated rings. The molecule has 3 aromatic rings. The topological polar surface area (TPSA) is 82.5 Å². The van der Waals surface area contributed by atoms with Crippen molar-refractivity contribution in [1.82, 2.24) is 14.6 Å². The van der Waals surface area contributed by atoms with Crippen LogP contribution in [0.5, 0.6) is 0 Å². The van der Waals surface area contributed by atoms with Gasteiger partial charge in [-0.2, -0.15) is 5.10 Å². The van der Waals surface area contributed by atoms with Crippen LogP contribution < -0.4 is 5.73 Å². The van der Waals surface area contributed by atoms with Crippen LogP contribution in [0.25, 0.3) is 16.6 Å². The van der Waals surface area contributed by atoms with E-state index in [1.807, 2.05) is 22.7 Å². The van der Waals surface area contributed by atoms with Crippen LogP contribution in [0.1, 0.15) is 28.7 Å². The molecule has 0 aliphatic carbocycles. The molecule has 0 atom stereocenters. The minimum atomic E-state index is -0.536. The maximum absolute atomic E-state index is 12.2. The lowest BCUT2D eigenvalue weighted by atomic mass is 9.99. The van der Waals surface area contributed by atoms with Crippen LogP contribution in [0, 0.1) is 0 Å². The van der Waals surface area contributed by atoms with E-state index in [0.717, 1.165) is 33.2 Å². The van der Waals surface area contributed by atoms with E-state index in [4.69, 9.17) is 10.5 Å². The molecule has 3 heterocycles. The standard InChI is InChI=1S/C17H17BrN4O2/c1-3-12-4-5-14-15(10-6-11(18)8-20-7-10)16(17(19)23)13(9-24-2)21-22(12)14/h4-8H,3,9H2,1-2H3,(H2,19,23). The third-order valence-electron chi connectivity index (χ3n) is 3.83. The summed E-state index contributed by atoms with van der Waals surface area (Å²) in [6.45, 7) is 2.26. The fraction of sp³-hybridized carbons (Fsp3) is 0.235. The lowest BCUT2D eigenvalue weighted by molar-refractivity contribution is 0.0994. The van der Waals surface area contributed by atoms with E-state index in [9.17, 15) is 4.79 Å². The lowest BCUT2D eigenvalue weighted by Crippen LogP contribution is -2.19. The van der Waals surface area contributed by atoms with Crippen molar-refractivity contribution in [2.75, 3.05) is 7.11 Å². The summed E-state index contributed by atoms with van der Waals surface area (Å²) in [5.41, 5.74) is 9.93. The Labute approximate surface area is 147 Å². The van der Waals surface area contributed by atoms with E-state index in [2.05, 4.69) is 32.9 Å². The van der Waals surface area contributed by atoms with Crippen molar-refractivity contribution in [1.29, 1.82) is 0 Å². The first-order chi connectivity index (χ1) is 11.6. The molecule has 3 rings (SSSR count). The van der Waals surface area contributed by atoms with Crippen LogP contribution in [0.3, 0.4) is 0 Å². The van der Waals surface area contributed by atoms with E-state index in [0.29, 0.717) is 11.3 Å². The van der Waals surface area contributed by atoms with Gasteiger partial charge in [-0.3, -0.25) is 9.78 Å². The Balaban J connectivity index is 2.44. The molecule has 0 radical (unpaired) electrons. The molecule has 6 nitrogen and oxygen atoms in total. The molecule has 0 aliphatic rings. The average molecular weight is 389 g/mol. The number of carbonyl (C=O) groups is 1. The minimum Gasteiger partial charge on any atom is -0.378 e. The monoisotopic (exact) mass is 388 g/mol. The Kier molecular flexibility index (Phi) is 4.64. The molecule has 24 heavy (non-hydrogen) atoms. The Bertz CT molecular complexity index is 920. The molecule has 0 unspecified atom stereocenters. The van der Waals surface area contributed by atoms with Gasteiger partial charge >= 0.3 is 0 Å². The van der Waals surface area contributed by atoms with Crippen molar-refractivity contribution in [2.24, 2.45) is 5.73 Å². The summed E-state index contributed by atoms with van der Waals surface area (Å²) in [5, 5.41) is 4.58. The molecular weight excluding hydrogens is 372 g/mol. The number of hydrogen-bond acceptors (Lipinski definition) is 4. The zero-order valence-electron chi connectivity index (χ0n) is 13.4. The van der Waals surface area contributed by atoms with Crippen LogP contribution in [0.15, 0.2) is 35.1 Å². The van der Waals surface area contributed by atoms with Crippen LogP contribution in [0.2, 0.25) is 0 Å². The highest BCUT2D eigenvalue weighted by Crippen LogP contribution is 2.32. The zero-order chi connectivity index (χ0) is 17.3. The van der Waals surface area contributed by atoms with Crippen LogP contribution >= 0.6 is 15.9 Å². The van der Waals surface area contributed by atoms with Crippen molar-refractivity contribution in [2.45, 2.75) is 20.0 Å². The number of aryl methyl sites for hydroxylation is 1. The van der Waals surface area contributed by atoms with Gasteiger partial charge < -0.3 is 10.5 Å². The van der Waals surface area contributed by atoms with Crippen LogP contribution in [-0.4, -0.2) is 27.6 Å². The molecule has 0 spiro atoms. The number of methoxy groups -OCH3 is 1. The molecular formula is C17H17BrN4O2. The normalized spacial score (nSPS) is 11.1. The summed E-state index contributed by atoms with van der Waals surface area (Å²) in [6.07, 6.45) is 4.22. The second-order valence-corrected chi connectivity index (χ2v) is 6.28. The Morgan fingerprint density at radius 2 is 2.17 bits per heavy atom. The van der Waals surface area contributed by atoms with Gasteiger partial charge in [0.15, 0.2) is 0 Å². The Morgan fingerprint density at radius 3 is 2.79 bits per heavy atom. The zero-order valence-corrected chi connectivity index (χ0v) is 15.0. The van der Waals surface area contributed by atoms with Gasteiger partial charge in [0.05, 0.1) is 17.7 Å². The summed E-state index contributed by atoms with van der Waals surface area (Å²) in [4.78, 5) is 16.4. The predicted octanol–water partition coefficient (Wildman–Crippen LogP) is 2.97. The van der Waals surface area contributed by atoms with Gasteiger partial charge in [-0.1, -0.05) is 6.92 Å². The van der Waals surface area contributed by atoms with Gasteiger partial charge in [-0.05, 0) is 40.5 Å². The first kappa shape index (κ1) is 16.6. The third kappa shape index (κ3) is 2.81. The largest absolute Gasteiger partial charge is 0.378 e. The van der Waals surface area contributed by atoms with Gasteiger partial charge in [-0.25, -0.2) is 4.52 Å². The van der Waals surface area contributed by atoms with Crippen LogP contribution in [0.4, 0.5) is 0 Å². The molecule has 2 N–H and O–H groups in total. The molecule has 0 aliphatic heterocycles. The van der Waals surface area contributed by atoms with Gasteiger partial charge in [0.1, 0.15) is 5.69 Å². The Morgan fingerprint density at radius 1 is 1.38 bits per heavy atom. The fourth-order valence-electron chi connectivity index (χ4n) is 2.83. The van der Waals surface area contributed by atoms with Crippen LogP contribution in [-0.2, 0) is 17.8 Å². The highest BCUT2D eigenvalue weighted by molar-refractivity contribution is 9.10. The van der Waals surface area contributed by atoms with Crippen molar-refractivity contribution in [3.8, 4) is 11.1 Å². The van der Waals surface area contributed by atoms with Crippen molar-refractivity contribution < 1.29 is 9.53 Å². The maximum atomic E-state index is 12.2. The number of amides is 1. The third-order valence-corrected chi connectivity index (χ3v) is 4.27. The predicted molar refractivity (Wildman–Crippen MR) is 94.7 cm³/mol. The van der Waals surface area contributed by atoms with E-state index >= 15 is 0 Å². The number of nitrogens with zero attached hydrogens (tertiary/aromatic N) is 3. The molecule has 0 saturated carbocycles. The van der Waals surface area contributed by atoms with Gasteiger partial charge in [0, 0.05) is 40.8 Å². The average Bonchev–Trinajstić information content (AvgIpc) is 2.96. The highest BCUT2D eigenvalue weighted by Gasteiger charge is 2.22. The van der Waals surface area contributed by atoms with Crippen molar-refractivity contribution >= 4 is 27.4 Å². The number of nitrogens with two attached hydrogens (primary N) is 1. The van der Waals surface area contributed by atoms with E-state index in [-0.39, 0.29) is 6.61 Å². The van der Waals surface area contributed by atoms with Gasteiger partial charge in [-0.15, -0.1) is 0 Å². The highest BCUT2D eigenvalue weighted by atomic mass is 79.9. The molecule has 7 heteroatoms. The molecule has 124 valence electrons. The summed E-state index contributed by atoms with van der Waals surface area (Å²) < 4.78 is 7.89. The number of pyridine rings is 1. The molecule has 0 bridgehead atoms. The Hall–Kier alpha value is -2.25. The van der Waals surface area contributed by atoms with Gasteiger partial charge in [0.25, 0.3) is 5.91 Å². The summed E-state index contributed by atoms with van der Waals surface area (Å²) in [5.74, 6) is -0.536. The first-order valence-electron chi connectivity index (χ1n) is 7.50. The van der Waals surface area contributed by atoms with Gasteiger partial charge in [0.2, 0.25) is 0 Å². The number of ether oxygens (including phenoxy) is 1. The lowest BCUT2D eigenvalue weighted by Gasteiger charge is -2.15. The number of hydrogen-bond donors (Lipinski definition) is 1. The molecule has 1 amide bonds. The van der Waals surface area contributed by atoms with E-state index < -0.39 is 5.91 Å². The number of halogens is 1. The summed E-state index contributed by atoms with van der Waals surface area (Å²) in [6, 6.07) is 5.85. The summed E-state index contributed by atoms with van der Waals surface area (Å²) in [7, 11) is 1.56. The number of fused-ring (bicyclic) bond motifs is 1. The summed E-state index contributed by atoms with van der Waals surface area (Å²) >= 11 is 3.43. The van der Waals surface area contributed by atoms with Crippen molar-refractivity contribution in [3.63, 3.8) is 0 Å². The minimum absolute atomic E-state index is 0.198. The second kappa shape index (κ2) is 6.70.